The molecule has 14 heavy (non-hydrogen) atoms. The van der Waals surface area contributed by atoms with Crippen LogP contribution in [-0.4, -0.2) is 10.1 Å². The molecule has 0 aliphatic carbocycles. The first kappa shape index (κ1) is 9.21. The molecule has 0 saturated heterocycles. The Kier molecular flexibility index (Phi) is 2.25. The van der Waals surface area contributed by atoms with E-state index in [1.165, 1.54) is 0 Å². The second-order valence-electron chi connectivity index (χ2n) is 3.06. The molecule has 0 bridgehead atoms. The molecule has 0 spiro atoms. The first-order valence-electron chi connectivity index (χ1n) is 4.24. The summed E-state index contributed by atoms with van der Waals surface area (Å²) in [6, 6.07) is 5.61. The van der Waals surface area contributed by atoms with Crippen LogP contribution in [-0.2, 0) is 0 Å². The van der Waals surface area contributed by atoms with Crippen LogP contribution >= 0.6 is 11.6 Å². The van der Waals surface area contributed by atoms with E-state index in [-0.39, 0.29) is 0 Å². The fourth-order valence-electron chi connectivity index (χ4n) is 1.25. The van der Waals surface area contributed by atoms with Crippen molar-refractivity contribution in [1.82, 2.24) is 10.1 Å². The molecule has 0 radical (unpaired) electrons. The predicted molar refractivity (Wildman–Crippen MR) is 54.2 cm³/mol. The Bertz CT molecular complexity index is 465. The van der Waals surface area contributed by atoms with Crippen LogP contribution in [0.3, 0.4) is 0 Å². The van der Waals surface area contributed by atoms with Gasteiger partial charge in [0.2, 0.25) is 0 Å². The third-order valence-corrected chi connectivity index (χ3v) is 2.44. The number of hydrogen-bond acceptors (Lipinski definition) is 3. The van der Waals surface area contributed by atoms with Crippen LogP contribution in [0.1, 0.15) is 11.4 Å². The van der Waals surface area contributed by atoms with E-state index in [1.807, 2.05) is 25.1 Å². The van der Waals surface area contributed by atoms with Crippen molar-refractivity contribution >= 4 is 11.6 Å². The minimum absolute atomic E-state index is 0.516. The maximum atomic E-state index is 5.98. The van der Waals surface area contributed by atoms with Crippen LogP contribution in [0.25, 0.3) is 11.5 Å². The van der Waals surface area contributed by atoms with Gasteiger partial charge in [-0.3, -0.25) is 0 Å². The Morgan fingerprint density at radius 1 is 1.29 bits per heavy atom. The van der Waals surface area contributed by atoms with Gasteiger partial charge in [-0.25, -0.2) is 0 Å². The number of hydrogen-bond donors (Lipinski definition) is 0. The second-order valence-corrected chi connectivity index (χ2v) is 3.47. The third-order valence-electron chi connectivity index (χ3n) is 2.03. The molecule has 0 saturated carbocycles. The van der Waals surface area contributed by atoms with Crippen molar-refractivity contribution in [3.05, 3.63) is 34.6 Å². The Hall–Kier alpha value is -1.35. The Balaban J connectivity index is 2.57. The average Bonchev–Trinajstić information content (AvgIpc) is 2.57. The molecule has 0 atom stereocenters. The topological polar surface area (TPSA) is 38.9 Å². The lowest BCUT2D eigenvalue weighted by Crippen LogP contribution is -1.84. The van der Waals surface area contributed by atoms with Gasteiger partial charge in [-0.15, -0.1) is 0 Å². The fraction of sp³-hybridized carbons (Fsp3) is 0.200. The zero-order valence-electron chi connectivity index (χ0n) is 7.91. The van der Waals surface area contributed by atoms with E-state index in [4.69, 9.17) is 16.1 Å². The SMILES string of the molecule is Cc1noc(-c2cccc(Cl)c2C)n1. The van der Waals surface area contributed by atoms with Gasteiger partial charge in [0.15, 0.2) is 5.82 Å². The van der Waals surface area contributed by atoms with Crippen LogP contribution in [0.4, 0.5) is 0 Å². The molecule has 0 N–H and O–H groups in total. The van der Waals surface area contributed by atoms with Crippen LogP contribution in [0, 0.1) is 13.8 Å². The molecule has 0 amide bonds. The number of benzene rings is 1. The largest absolute Gasteiger partial charge is 0.334 e. The highest BCUT2D eigenvalue weighted by molar-refractivity contribution is 6.31. The Morgan fingerprint density at radius 3 is 2.71 bits per heavy atom. The maximum Gasteiger partial charge on any atom is 0.258 e. The molecular weight excluding hydrogens is 200 g/mol. The van der Waals surface area contributed by atoms with Crippen molar-refractivity contribution in [2.75, 3.05) is 0 Å². The van der Waals surface area contributed by atoms with Gasteiger partial charge in [0, 0.05) is 10.6 Å². The van der Waals surface area contributed by atoms with Crippen molar-refractivity contribution in [3.63, 3.8) is 0 Å². The molecule has 1 heterocycles. The number of rotatable bonds is 1. The number of nitrogens with zero attached hydrogens (tertiary/aromatic N) is 2. The zero-order chi connectivity index (χ0) is 10.1. The van der Waals surface area contributed by atoms with Crippen molar-refractivity contribution in [2.45, 2.75) is 13.8 Å². The normalized spacial score (nSPS) is 10.5. The van der Waals surface area contributed by atoms with Gasteiger partial charge in [0.05, 0.1) is 0 Å². The van der Waals surface area contributed by atoms with E-state index in [1.54, 1.807) is 6.92 Å². The third kappa shape index (κ3) is 1.51. The molecule has 0 aliphatic heterocycles. The summed E-state index contributed by atoms with van der Waals surface area (Å²) in [5.41, 5.74) is 1.84. The first-order chi connectivity index (χ1) is 6.68. The van der Waals surface area contributed by atoms with Gasteiger partial charge >= 0.3 is 0 Å². The monoisotopic (exact) mass is 208 g/mol. The van der Waals surface area contributed by atoms with Gasteiger partial charge in [-0.1, -0.05) is 22.8 Å². The quantitative estimate of drug-likeness (QED) is 0.723. The average molecular weight is 209 g/mol. The first-order valence-corrected chi connectivity index (χ1v) is 4.62. The Labute approximate surface area is 86.7 Å². The van der Waals surface area contributed by atoms with Gasteiger partial charge in [0.25, 0.3) is 5.89 Å². The molecule has 0 unspecified atom stereocenters. The van der Waals surface area contributed by atoms with Crippen LogP contribution in [0.15, 0.2) is 22.7 Å². The lowest BCUT2D eigenvalue weighted by atomic mass is 10.1. The summed E-state index contributed by atoms with van der Waals surface area (Å²) in [4.78, 5) is 4.15. The van der Waals surface area contributed by atoms with Gasteiger partial charge in [-0.05, 0) is 31.5 Å². The molecule has 3 nitrogen and oxygen atoms in total. The number of aryl methyl sites for hydroxylation is 1. The minimum Gasteiger partial charge on any atom is -0.334 e. The van der Waals surface area contributed by atoms with Gasteiger partial charge in [0.1, 0.15) is 0 Å². The van der Waals surface area contributed by atoms with Crippen LogP contribution < -0.4 is 0 Å². The molecule has 2 aromatic rings. The van der Waals surface area contributed by atoms with E-state index >= 15 is 0 Å². The lowest BCUT2D eigenvalue weighted by molar-refractivity contribution is 0.425. The van der Waals surface area contributed by atoms with Crippen molar-refractivity contribution in [2.24, 2.45) is 0 Å². The predicted octanol–water partition coefficient (Wildman–Crippen LogP) is 3.01. The van der Waals surface area contributed by atoms with Gasteiger partial charge in [-0.2, -0.15) is 4.98 Å². The molecule has 0 aliphatic rings. The van der Waals surface area contributed by atoms with Gasteiger partial charge < -0.3 is 4.52 Å². The van der Waals surface area contributed by atoms with Crippen LogP contribution in [0.2, 0.25) is 5.02 Å². The molecule has 2 rings (SSSR count). The highest BCUT2D eigenvalue weighted by Crippen LogP contribution is 2.26. The van der Waals surface area contributed by atoms with E-state index in [9.17, 15) is 0 Å². The molecule has 1 aromatic carbocycles. The summed E-state index contributed by atoms with van der Waals surface area (Å²) in [7, 11) is 0. The summed E-state index contributed by atoms with van der Waals surface area (Å²) in [5.74, 6) is 1.14. The zero-order valence-corrected chi connectivity index (χ0v) is 8.67. The summed E-state index contributed by atoms with van der Waals surface area (Å²) >= 11 is 5.98. The highest BCUT2D eigenvalue weighted by atomic mass is 35.5. The molecule has 1 aromatic heterocycles. The second kappa shape index (κ2) is 3.42. The summed E-state index contributed by atoms with van der Waals surface area (Å²) < 4.78 is 5.07. The van der Waals surface area contributed by atoms with E-state index in [2.05, 4.69) is 10.1 Å². The molecule has 72 valence electrons. The molecular formula is C10H9ClN2O. The Morgan fingerprint density at radius 2 is 2.07 bits per heavy atom. The lowest BCUT2D eigenvalue weighted by Gasteiger charge is -2.01. The summed E-state index contributed by atoms with van der Waals surface area (Å²) in [6.07, 6.45) is 0. The molecule has 4 heteroatoms. The molecule has 0 fully saturated rings. The van der Waals surface area contributed by atoms with E-state index < -0.39 is 0 Å². The van der Waals surface area contributed by atoms with E-state index in [0.29, 0.717) is 16.7 Å². The summed E-state index contributed by atoms with van der Waals surface area (Å²) in [5, 5.41) is 4.44. The van der Waals surface area contributed by atoms with E-state index in [0.717, 1.165) is 11.1 Å². The standard InChI is InChI=1S/C10H9ClN2O/c1-6-8(4-3-5-9(6)11)10-12-7(2)13-14-10/h3-5H,1-2H3. The highest BCUT2D eigenvalue weighted by Gasteiger charge is 2.10. The van der Waals surface area contributed by atoms with Crippen molar-refractivity contribution < 1.29 is 4.52 Å². The van der Waals surface area contributed by atoms with Crippen molar-refractivity contribution in [3.8, 4) is 11.5 Å². The van der Waals surface area contributed by atoms with Crippen molar-refractivity contribution in [1.29, 1.82) is 0 Å². The smallest absolute Gasteiger partial charge is 0.258 e. The minimum atomic E-state index is 0.516. The number of halogens is 1. The maximum absolute atomic E-state index is 5.98. The summed E-state index contributed by atoms with van der Waals surface area (Å²) in [6.45, 7) is 3.71. The number of aromatic nitrogens is 2. The van der Waals surface area contributed by atoms with Crippen LogP contribution in [0.5, 0.6) is 0 Å². The fourth-order valence-corrected chi connectivity index (χ4v) is 1.42.